The number of carbonyl (C=O) groups is 1. The van der Waals surface area contributed by atoms with Gasteiger partial charge in [0.15, 0.2) is 5.65 Å². The summed E-state index contributed by atoms with van der Waals surface area (Å²) in [6.07, 6.45) is 4.29. The van der Waals surface area contributed by atoms with Gasteiger partial charge in [0.05, 0.1) is 5.52 Å². The van der Waals surface area contributed by atoms with E-state index in [0.29, 0.717) is 12.1 Å². The molecule has 1 aromatic carbocycles. The molecule has 3 heterocycles. The average Bonchev–Trinajstić information content (AvgIpc) is 3.48. The summed E-state index contributed by atoms with van der Waals surface area (Å²) in [6.45, 7) is 11.5. The molecule has 1 fully saturated rings. The van der Waals surface area contributed by atoms with Crippen LogP contribution >= 0.6 is 0 Å². The summed E-state index contributed by atoms with van der Waals surface area (Å²) in [5.41, 5.74) is 4.72. The first-order chi connectivity index (χ1) is 17.9. The molecule has 3 aromatic heterocycles. The van der Waals surface area contributed by atoms with Gasteiger partial charge < -0.3 is 9.84 Å². The number of rotatable bonds is 5. The number of aryl methyl sites for hydroxylation is 1. The predicted octanol–water partition coefficient (Wildman–Crippen LogP) is 5.53. The fraction of sp³-hybridized carbons (Fsp3) is 0.467. The third-order valence-corrected chi connectivity index (χ3v) is 7.84. The Kier molecular flexibility index (Phi) is 6.53. The molecule has 0 spiro atoms. The molecular weight excluding hydrogens is 478 g/mol. The number of fused-ring (bicyclic) bond motifs is 1. The molecule has 8 nitrogen and oxygen atoms in total. The number of hydrogen-bond acceptors (Lipinski definition) is 5. The Morgan fingerprint density at radius 3 is 2.53 bits per heavy atom. The van der Waals surface area contributed by atoms with Crippen molar-refractivity contribution in [3.8, 4) is 11.3 Å². The highest BCUT2D eigenvalue weighted by Gasteiger charge is 2.38. The molecule has 0 saturated heterocycles. The second-order valence-electron chi connectivity index (χ2n) is 12.5. The molecule has 5 rings (SSSR count). The van der Waals surface area contributed by atoms with Crippen molar-refractivity contribution in [1.82, 2.24) is 24.6 Å². The van der Waals surface area contributed by atoms with E-state index in [1.54, 1.807) is 17.7 Å². The van der Waals surface area contributed by atoms with Crippen LogP contribution in [0.15, 0.2) is 58.0 Å². The molecule has 38 heavy (non-hydrogen) atoms. The number of benzene rings is 1. The quantitative estimate of drug-likeness (QED) is 0.377. The lowest BCUT2D eigenvalue weighted by molar-refractivity contribution is 0.0836. The van der Waals surface area contributed by atoms with Gasteiger partial charge in [-0.2, -0.15) is 0 Å². The summed E-state index contributed by atoms with van der Waals surface area (Å²) < 4.78 is 8.40. The molecule has 1 N–H and O–H groups in total. The minimum absolute atomic E-state index is 0.00391. The molecule has 2 atom stereocenters. The normalized spacial score (nSPS) is 19.5. The Morgan fingerprint density at radius 1 is 1.13 bits per heavy atom. The summed E-state index contributed by atoms with van der Waals surface area (Å²) in [6, 6.07) is 13.3. The van der Waals surface area contributed by atoms with Crippen LogP contribution in [0.4, 0.5) is 0 Å². The zero-order valence-electron chi connectivity index (χ0n) is 23.1. The SMILES string of the molecule is Cn1c(=O)n(CC(C)(C)C)c2ccc(C3CCC(C)(C)C(NC(=O)c4ccc(-c5ccon5)cc4)C3)nc21. The minimum Gasteiger partial charge on any atom is -0.364 e. The van der Waals surface area contributed by atoms with Gasteiger partial charge in [0.25, 0.3) is 5.91 Å². The van der Waals surface area contributed by atoms with Gasteiger partial charge in [-0.25, -0.2) is 9.78 Å². The van der Waals surface area contributed by atoms with Crippen LogP contribution in [-0.2, 0) is 13.6 Å². The first kappa shape index (κ1) is 25.9. The third-order valence-electron chi connectivity index (χ3n) is 7.84. The fourth-order valence-electron chi connectivity index (χ4n) is 5.50. The Morgan fingerprint density at radius 2 is 1.87 bits per heavy atom. The number of amides is 1. The van der Waals surface area contributed by atoms with E-state index >= 15 is 0 Å². The average molecular weight is 516 g/mol. The second-order valence-corrected chi connectivity index (χ2v) is 12.5. The number of hydrogen-bond donors (Lipinski definition) is 1. The molecule has 1 aliphatic carbocycles. The van der Waals surface area contributed by atoms with E-state index < -0.39 is 0 Å². The first-order valence-corrected chi connectivity index (χ1v) is 13.3. The summed E-state index contributed by atoms with van der Waals surface area (Å²) in [5.74, 6) is 0.119. The van der Waals surface area contributed by atoms with E-state index in [9.17, 15) is 9.59 Å². The summed E-state index contributed by atoms with van der Waals surface area (Å²) in [7, 11) is 1.79. The van der Waals surface area contributed by atoms with E-state index in [4.69, 9.17) is 9.51 Å². The smallest absolute Gasteiger partial charge is 0.330 e. The van der Waals surface area contributed by atoms with Crippen molar-refractivity contribution in [3.63, 3.8) is 0 Å². The molecule has 4 aromatic rings. The van der Waals surface area contributed by atoms with E-state index in [2.05, 4.69) is 51.2 Å². The molecule has 0 bridgehead atoms. The van der Waals surface area contributed by atoms with Crippen molar-refractivity contribution in [1.29, 1.82) is 0 Å². The van der Waals surface area contributed by atoms with Gasteiger partial charge in [0.2, 0.25) is 0 Å². The van der Waals surface area contributed by atoms with E-state index in [0.717, 1.165) is 47.4 Å². The number of carbonyl (C=O) groups excluding carboxylic acids is 1. The largest absolute Gasteiger partial charge is 0.364 e. The number of nitrogens with one attached hydrogen (secondary N) is 1. The van der Waals surface area contributed by atoms with Crippen LogP contribution in [0.3, 0.4) is 0 Å². The summed E-state index contributed by atoms with van der Waals surface area (Å²) in [4.78, 5) is 31.2. The Hall–Kier alpha value is -3.68. The van der Waals surface area contributed by atoms with Crippen LogP contribution in [0.5, 0.6) is 0 Å². The lowest BCUT2D eigenvalue weighted by Crippen LogP contribution is -2.48. The Balaban J connectivity index is 1.36. The van der Waals surface area contributed by atoms with Gasteiger partial charge >= 0.3 is 5.69 Å². The molecular formula is C30H37N5O3. The lowest BCUT2D eigenvalue weighted by Gasteiger charge is -2.42. The number of imidazole rings is 1. The molecule has 0 radical (unpaired) electrons. The van der Waals surface area contributed by atoms with Gasteiger partial charge in [0, 0.05) is 48.4 Å². The first-order valence-electron chi connectivity index (χ1n) is 13.3. The van der Waals surface area contributed by atoms with E-state index in [-0.39, 0.29) is 34.4 Å². The van der Waals surface area contributed by atoms with Gasteiger partial charge in [-0.1, -0.05) is 51.9 Å². The zero-order valence-corrected chi connectivity index (χ0v) is 23.1. The number of nitrogens with zero attached hydrogens (tertiary/aromatic N) is 4. The van der Waals surface area contributed by atoms with Crippen LogP contribution in [0.1, 0.15) is 75.9 Å². The van der Waals surface area contributed by atoms with Crippen molar-refractivity contribution < 1.29 is 9.32 Å². The highest BCUT2D eigenvalue weighted by molar-refractivity contribution is 5.94. The Labute approximate surface area is 223 Å². The monoisotopic (exact) mass is 515 g/mol. The highest BCUT2D eigenvalue weighted by Crippen LogP contribution is 2.42. The van der Waals surface area contributed by atoms with Crippen LogP contribution in [0, 0.1) is 10.8 Å². The lowest BCUT2D eigenvalue weighted by atomic mass is 9.68. The molecule has 2 unspecified atom stereocenters. The van der Waals surface area contributed by atoms with Crippen LogP contribution in [-0.4, -0.2) is 31.2 Å². The minimum atomic E-state index is -0.0829. The number of pyridine rings is 1. The number of aromatic nitrogens is 4. The predicted molar refractivity (Wildman–Crippen MR) is 148 cm³/mol. The van der Waals surface area contributed by atoms with E-state index in [1.807, 2.05) is 34.9 Å². The van der Waals surface area contributed by atoms with Crippen LogP contribution in [0.25, 0.3) is 22.4 Å². The molecule has 0 aliphatic heterocycles. The third kappa shape index (κ3) is 5.04. The summed E-state index contributed by atoms with van der Waals surface area (Å²) >= 11 is 0. The molecule has 1 amide bonds. The van der Waals surface area contributed by atoms with Gasteiger partial charge in [0.1, 0.15) is 12.0 Å². The molecule has 1 saturated carbocycles. The van der Waals surface area contributed by atoms with Crippen molar-refractivity contribution in [2.24, 2.45) is 17.9 Å². The maximum atomic E-state index is 13.2. The second kappa shape index (κ2) is 9.57. The zero-order chi connectivity index (χ0) is 27.2. The highest BCUT2D eigenvalue weighted by atomic mass is 16.5. The van der Waals surface area contributed by atoms with Gasteiger partial charge in [-0.3, -0.25) is 13.9 Å². The van der Waals surface area contributed by atoms with Crippen molar-refractivity contribution in [3.05, 3.63) is 70.5 Å². The van der Waals surface area contributed by atoms with E-state index in [1.165, 1.54) is 6.26 Å². The molecule has 8 heteroatoms. The van der Waals surface area contributed by atoms with Crippen molar-refractivity contribution in [2.75, 3.05) is 0 Å². The van der Waals surface area contributed by atoms with Gasteiger partial charge in [-0.05, 0) is 54.4 Å². The van der Waals surface area contributed by atoms with Gasteiger partial charge in [-0.15, -0.1) is 0 Å². The van der Waals surface area contributed by atoms with Crippen LogP contribution in [0.2, 0.25) is 0 Å². The molecule has 1 aliphatic rings. The Bertz CT molecular complexity index is 1500. The standard InChI is InChI=1S/C30H37N5O3/c1-29(2,3)18-35-24-12-11-22(31-26(24)34(6)28(35)37)21-13-15-30(4,5)25(17-21)32-27(36)20-9-7-19(8-10-20)23-14-16-38-33-23/h7-12,14,16,21,25H,13,15,17-18H2,1-6H3,(H,32,36). The van der Waals surface area contributed by atoms with Crippen LogP contribution < -0.4 is 11.0 Å². The maximum absolute atomic E-state index is 13.2. The van der Waals surface area contributed by atoms with Crippen molar-refractivity contribution >= 4 is 17.1 Å². The van der Waals surface area contributed by atoms with Crippen molar-refractivity contribution in [2.45, 2.75) is 72.4 Å². The summed E-state index contributed by atoms with van der Waals surface area (Å²) in [5, 5.41) is 7.26. The topological polar surface area (TPSA) is 95.0 Å². The fourth-order valence-corrected chi connectivity index (χ4v) is 5.50. The molecule has 200 valence electrons. The maximum Gasteiger partial charge on any atom is 0.330 e.